The van der Waals surface area contributed by atoms with Crippen LogP contribution in [0.2, 0.25) is 0 Å². The molecule has 0 spiro atoms. The summed E-state index contributed by atoms with van der Waals surface area (Å²) in [6, 6.07) is 8.38. The maximum atomic E-state index is 13.0. The zero-order valence-electron chi connectivity index (χ0n) is 22.2. The van der Waals surface area contributed by atoms with E-state index in [2.05, 4.69) is 15.1 Å². The van der Waals surface area contributed by atoms with Crippen LogP contribution in [0, 0.1) is 0 Å². The number of H-pyrrole nitrogens is 1. The van der Waals surface area contributed by atoms with Gasteiger partial charge >= 0.3 is 109 Å². The van der Waals surface area contributed by atoms with Crippen molar-refractivity contribution in [1.82, 2.24) is 9.78 Å². The van der Waals surface area contributed by atoms with E-state index in [1.807, 2.05) is 0 Å². The molecule has 1 aromatic heterocycles. The molecule has 16 nitrogen and oxygen atoms in total. The third-order valence-electron chi connectivity index (χ3n) is 5.57. The van der Waals surface area contributed by atoms with Crippen LogP contribution >= 0.6 is 0 Å². The minimum absolute atomic E-state index is 0. The van der Waals surface area contributed by atoms with Crippen LogP contribution in [0.25, 0.3) is 11.8 Å². The van der Waals surface area contributed by atoms with Gasteiger partial charge in [-0.2, -0.15) is 10.1 Å². The molecule has 4 rings (SSSR count). The van der Waals surface area contributed by atoms with Gasteiger partial charge in [0.15, 0.2) is 5.71 Å². The first-order chi connectivity index (χ1) is 19.2. The average Bonchev–Trinajstić information content (AvgIpc) is 3.40. The summed E-state index contributed by atoms with van der Waals surface area (Å²) >= 11 is 0. The number of anilines is 1. The van der Waals surface area contributed by atoms with Gasteiger partial charge in [0.1, 0.15) is 26.8 Å². The van der Waals surface area contributed by atoms with E-state index in [0.717, 1.165) is 53.2 Å². The summed E-state index contributed by atoms with van der Waals surface area (Å²) < 4.78 is 67.9. The number of nitrogens with one attached hydrogen (secondary N) is 1. The van der Waals surface area contributed by atoms with E-state index in [4.69, 9.17) is 5.26 Å². The smallest absolute Gasteiger partial charge is 0.744 e. The van der Waals surface area contributed by atoms with E-state index < -0.39 is 65.4 Å². The van der Waals surface area contributed by atoms with Crippen molar-refractivity contribution in [2.75, 3.05) is 5.01 Å². The summed E-state index contributed by atoms with van der Waals surface area (Å²) in [5.41, 5.74) is -1.75. The Bertz CT molecular complexity index is 1910. The number of nitrogens with zero attached hydrogens (tertiary/aromatic N) is 3. The van der Waals surface area contributed by atoms with Gasteiger partial charge in [-0.15, -0.1) is 0 Å². The predicted octanol–water partition coefficient (Wildman–Crippen LogP) is -5.60. The van der Waals surface area contributed by atoms with E-state index in [-0.39, 0.29) is 125 Å². The summed E-state index contributed by atoms with van der Waals surface area (Å²) in [4.78, 5) is 40.7. The summed E-state index contributed by atoms with van der Waals surface area (Å²) in [5.74, 6) is -2.48. The first-order valence-electron chi connectivity index (χ1n) is 11.0. The number of carbonyl (C=O) groups is 2. The number of aromatic nitrogens is 2. The molecule has 0 aliphatic carbocycles. The molecule has 0 saturated carbocycles. The Morgan fingerprint density at radius 3 is 1.91 bits per heavy atom. The van der Waals surface area contributed by atoms with Crippen LogP contribution < -0.4 is 113 Å². The Hall–Kier alpha value is -1.45. The molecule has 0 bridgehead atoms. The number of hydrazone groups is 1. The molecule has 2 aromatic carbocycles. The Morgan fingerprint density at radius 2 is 1.44 bits per heavy atom. The number of carboxylic acid groups (broad SMARTS) is 1. The summed E-state index contributed by atoms with van der Waals surface area (Å²) in [6.45, 7) is -0.505. The number of aromatic amines is 1. The molecule has 0 atom stereocenters. The van der Waals surface area contributed by atoms with Crippen LogP contribution in [0.5, 0.6) is 0 Å². The summed E-state index contributed by atoms with van der Waals surface area (Å²) in [7, 11) is -9.49. The van der Waals surface area contributed by atoms with Crippen LogP contribution in [-0.2, 0) is 41.3 Å². The molecule has 214 valence electrons. The normalized spacial score (nSPS) is 14.5. The number of carbonyl (C=O) groups excluding carboxylic acids is 1. The quantitative estimate of drug-likeness (QED) is 0.0628. The Kier molecular flexibility index (Phi) is 13.4. The Labute approximate surface area is 328 Å². The number of allylic oxidation sites excluding steroid dienone is 2. The van der Waals surface area contributed by atoms with Crippen LogP contribution in [0.4, 0.5) is 5.69 Å². The van der Waals surface area contributed by atoms with Crippen molar-refractivity contribution in [3.05, 3.63) is 87.9 Å². The van der Waals surface area contributed by atoms with E-state index in [0.29, 0.717) is 5.01 Å². The van der Waals surface area contributed by atoms with Crippen molar-refractivity contribution in [3.8, 4) is 5.69 Å². The maximum Gasteiger partial charge on any atom is 1.00 e. The molecule has 1 aliphatic heterocycles. The molecule has 3 aromatic rings. The number of benzene rings is 2. The number of hydrogen-bond acceptors (Lipinski definition) is 12. The fourth-order valence-corrected chi connectivity index (χ4v) is 4.62. The molecule has 1 aliphatic rings. The minimum atomic E-state index is -4.76. The van der Waals surface area contributed by atoms with Crippen molar-refractivity contribution in [3.63, 3.8) is 0 Å². The van der Waals surface area contributed by atoms with E-state index in [1.54, 1.807) is 0 Å². The molecule has 0 saturated heterocycles. The van der Waals surface area contributed by atoms with Crippen molar-refractivity contribution >= 4 is 49.6 Å². The zero-order chi connectivity index (χ0) is 30.1. The van der Waals surface area contributed by atoms with Gasteiger partial charge < -0.3 is 14.2 Å². The molecular weight excluding hydrogens is 667 g/mol. The first-order valence-corrected chi connectivity index (χ1v) is 13.8. The molecule has 3 N–H and O–H groups in total. The van der Waals surface area contributed by atoms with Crippen LogP contribution in [0.3, 0.4) is 0 Å². The molecule has 0 radical (unpaired) electrons. The number of aliphatic carboxylic acids is 1. The largest absolute Gasteiger partial charge is 1.00 e. The monoisotopic (exact) mass is 682 g/mol. The average molecular weight is 683 g/mol. The zero-order valence-corrected chi connectivity index (χ0v) is 30.1. The van der Waals surface area contributed by atoms with Crippen molar-refractivity contribution < 1.29 is 154 Å². The number of amides is 1. The van der Waals surface area contributed by atoms with E-state index in [1.165, 1.54) is 18.2 Å². The van der Waals surface area contributed by atoms with Crippen LogP contribution in [0.1, 0.15) is 11.3 Å². The summed E-state index contributed by atoms with van der Waals surface area (Å²) in [5, 5.41) is 25.5. The van der Waals surface area contributed by atoms with Gasteiger partial charge in [-0.05, 0) is 60.7 Å². The maximum absolute atomic E-state index is 13.0. The second-order valence-electron chi connectivity index (χ2n) is 8.12. The van der Waals surface area contributed by atoms with Crippen LogP contribution in [0.15, 0.2) is 85.9 Å². The standard InChI is InChI=1S/C23H18N4O12S2.2K/c28-21-17(19(12-39-32)24-26(21)13-4-8-15(9-5-13)40(33,34)35)2-1-3-18-20(23(30)31)25-27(22(18)29)14-6-10-16(11-7-14)41(36,37)38;;/h1-11,24,32H,12H2,(H,30,31)(H,33,34,35)(H,36,37,38);;/q;2*+1/p-2/b2-1+,18-3+;;. The minimum Gasteiger partial charge on any atom is -0.744 e. The van der Waals surface area contributed by atoms with Gasteiger partial charge in [-0.25, -0.2) is 31.2 Å². The number of hydrogen-bond donors (Lipinski definition) is 3. The van der Waals surface area contributed by atoms with Crippen molar-refractivity contribution in [1.29, 1.82) is 0 Å². The predicted molar refractivity (Wildman–Crippen MR) is 136 cm³/mol. The third kappa shape index (κ3) is 8.63. The van der Waals surface area contributed by atoms with Gasteiger partial charge in [0, 0.05) is 0 Å². The van der Waals surface area contributed by atoms with Crippen molar-refractivity contribution in [2.45, 2.75) is 16.4 Å². The van der Waals surface area contributed by atoms with Crippen LogP contribution in [-0.4, -0.2) is 63.7 Å². The molecule has 0 fully saturated rings. The number of carboxylic acids is 1. The Balaban J connectivity index is 0.00000323. The van der Waals surface area contributed by atoms with Gasteiger partial charge in [0.2, 0.25) is 0 Å². The second-order valence-corrected chi connectivity index (χ2v) is 10.9. The first kappa shape index (κ1) is 37.7. The molecule has 0 unspecified atom stereocenters. The second kappa shape index (κ2) is 15.2. The molecular formula is C23H16K2N4O12S2. The van der Waals surface area contributed by atoms with E-state index in [9.17, 15) is 45.4 Å². The topological polar surface area (TPSA) is 252 Å². The molecule has 2 heterocycles. The van der Waals surface area contributed by atoms with Gasteiger partial charge in [-0.1, -0.05) is 6.08 Å². The SMILES string of the molecule is O=C(O)C1=NN(c2ccc(S(=O)(=O)[O-])cc2)C(=O)/C1=C/C=C/c1c(COO)[nH]n(-c2ccc(S(=O)(=O)[O-])cc2)c1=O.[K+].[K+]. The third-order valence-corrected chi connectivity index (χ3v) is 7.27. The molecule has 1 amide bonds. The van der Waals surface area contributed by atoms with Crippen molar-refractivity contribution in [2.24, 2.45) is 5.10 Å². The summed E-state index contributed by atoms with van der Waals surface area (Å²) in [6.07, 6.45) is 3.39. The Morgan fingerprint density at radius 1 is 0.930 bits per heavy atom. The van der Waals surface area contributed by atoms with Gasteiger partial charge in [0.05, 0.1) is 38.0 Å². The fraction of sp³-hybridized carbons (Fsp3) is 0.0435. The molecule has 43 heavy (non-hydrogen) atoms. The van der Waals surface area contributed by atoms with E-state index >= 15 is 0 Å². The van der Waals surface area contributed by atoms with Gasteiger partial charge in [0.25, 0.3) is 11.5 Å². The van der Waals surface area contributed by atoms with Gasteiger partial charge in [-0.3, -0.25) is 19.9 Å². The number of rotatable bonds is 9. The fourth-order valence-electron chi connectivity index (χ4n) is 3.68. The molecule has 20 heteroatoms.